The lowest BCUT2D eigenvalue weighted by Crippen LogP contribution is -2.17. The fraction of sp³-hybridized carbons (Fsp3) is 0.235. The van der Waals surface area contributed by atoms with Crippen LogP contribution in [0.1, 0.15) is 41.0 Å². The maximum Gasteiger partial charge on any atom is 0.0871 e. The summed E-state index contributed by atoms with van der Waals surface area (Å²) < 4.78 is 0. The highest BCUT2D eigenvalue weighted by molar-refractivity contribution is 6.31. The predicted molar refractivity (Wildman–Crippen MR) is 82.0 cm³/mol. The SMILES string of the molecule is Cc1ccc(C2CC/C(=N\O)c3ccccc32)cc1Cl. The average Bonchev–Trinajstić information content (AvgIpc) is 2.49. The predicted octanol–water partition coefficient (Wildman–Crippen LogP) is 4.75. The Morgan fingerprint density at radius 1 is 1.20 bits per heavy atom. The number of nitrogens with zero attached hydrogens (tertiary/aromatic N) is 1. The van der Waals surface area contributed by atoms with E-state index < -0.39 is 0 Å². The molecule has 0 aromatic heterocycles. The van der Waals surface area contributed by atoms with E-state index in [9.17, 15) is 0 Å². The number of fused-ring (bicyclic) bond motifs is 1. The summed E-state index contributed by atoms with van der Waals surface area (Å²) in [6.45, 7) is 2.01. The van der Waals surface area contributed by atoms with Crippen molar-refractivity contribution in [2.45, 2.75) is 25.7 Å². The van der Waals surface area contributed by atoms with Crippen LogP contribution in [0.15, 0.2) is 47.6 Å². The minimum absolute atomic E-state index is 0.315. The van der Waals surface area contributed by atoms with E-state index in [0.717, 1.165) is 34.7 Å². The minimum atomic E-state index is 0.315. The third-order valence-corrected chi connectivity index (χ3v) is 4.44. The third-order valence-electron chi connectivity index (χ3n) is 4.04. The molecule has 1 unspecified atom stereocenters. The van der Waals surface area contributed by atoms with Crippen LogP contribution in [-0.2, 0) is 0 Å². The van der Waals surface area contributed by atoms with E-state index in [0.29, 0.717) is 5.92 Å². The minimum Gasteiger partial charge on any atom is -0.411 e. The number of rotatable bonds is 1. The van der Waals surface area contributed by atoms with Gasteiger partial charge in [0.05, 0.1) is 5.71 Å². The van der Waals surface area contributed by atoms with Gasteiger partial charge in [0.15, 0.2) is 0 Å². The van der Waals surface area contributed by atoms with Gasteiger partial charge in [0.1, 0.15) is 0 Å². The summed E-state index contributed by atoms with van der Waals surface area (Å²) in [4.78, 5) is 0. The molecule has 20 heavy (non-hydrogen) atoms. The molecule has 0 saturated heterocycles. The summed E-state index contributed by atoms with van der Waals surface area (Å²) in [6.07, 6.45) is 1.72. The van der Waals surface area contributed by atoms with Crippen molar-refractivity contribution < 1.29 is 5.21 Å². The number of benzene rings is 2. The Labute approximate surface area is 123 Å². The topological polar surface area (TPSA) is 32.6 Å². The van der Waals surface area contributed by atoms with Crippen molar-refractivity contribution in [3.63, 3.8) is 0 Å². The van der Waals surface area contributed by atoms with Gasteiger partial charge < -0.3 is 5.21 Å². The van der Waals surface area contributed by atoms with Crippen molar-refractivity contribution in [1.82, 2.24) is 0 Å². The molecule has 0 bridgehead atoms. The lowest BCUT2D eigenvalue weighted by atomic mass is 9.78. The molecule has 0 heterocycles. The van der Waals surface area contributed by atoms with Gasteiger partial charge in [-0.05, 0) is 42.5 Å². The highest BCUT2D eigenvalue weighted by Gasteiger charge is 2.25. The van der Waals surface area contributed by atoms with Gasteiger partial charge in [-0.25, -0.2) is 0 Å². The first-order chi connectivity index (χ1) is 9.70. The van der Waals surface area contributed by atoms with Crippen LogP contribution in [0.4, 0.5) is 0 Å². The second-order valence-electron chi connectivity index (χ2n) is 5.23. The second-order valence-corrected chi connectivity index (χ2v) is 5.64. The number of oxime groups is 1. The van der Waals surface area contributed by atoms with E-state index in [-0.39, 0.29) is 0 Å². The van der Waals surface area contributed by atoms with Crippen molar-refractivity contribution in [3.8, 4) is 0 Å². The number of halogens is 1. The molecule has 1 aliphatic rings. The van der Waals surface area contributed by atoms with Crippen LogP contribution in [0.25, 0.3) is 0 Å². The molecule has 2 nitrogen and oxygen atoms in total. The Bertz CT molecular complexity index is 678. The van der Waals surface area contributed by atoms with Crippen LogP contribution in [0.2, 0.25) is 5.02 Å². The van der Waals surface area contributed by atoms with Crippen LogP contribution in [0.3, 0.4) is 0 Å². The van der Waals surface area contributed by atoms with Gasteiger partial charge in [-0.1, -0.05) is 53.2 Å². The van der Waals surface area contributed by atoms with E-state index in [1.165, 1.54) is 11.1 Å². The molecule has 102 valence electrons. The molecule has 2 aromatic rings. The van der Waals surface area contributed by atoms with Crippen molar-refractivity contribution in [2.24, 2.45) is 5.16 Å². The van der Waals surface area contributed by atoms with Gasteiger partial charge in [-0.15, -0.1) is 0 Å². The summed E-state index contributed by atoms with van der Waals surface area (Å²) in [5.41, 5.74) is 5.35. The zero-order valence-corrected chi connectivity index (χ0v) is 12.1. The first kappa shape index (κ1) is 13.2. The zero-order chi connectivity index (χ0) is 14.1. The molecular weight excluding hydrogens is 270 g/mol. The summed E-state index contributed by atoms with van der Waals surface area (Å²) in [6, 6.07) is 14.4. The molecular formula is C17H16ClNO. The van der Waals surface area contributed by atoms with Crippen LogP contribution in [-0.4, -0.2) is 10.9 Å². The van der Waals surface area contributed by atoms with Crippen LogP contribution in [0, 0.1) is 6.92 Å². The summed E-state index contributed by atoms with van der Waals surface area (Å²) in [5.74, 6) is 0.315. The number of hydrogen-bond donors (Lipinski definition) is 1. The monoisotopic (exact) mass is 285 g/mol. The average molecular weight is 286 g/mol. The quantitative estimate of drug-likeness (QED) is 0.595. The molecule has 1 N–H and O–H groups in total. The Hall–Kier alpha value is -1.80. The molecule has 0 fully saturated rings. The molecule has 0 radical (unpaired) electrons. The molecule has 0 aliphatic heterocycles. The maximum atomic E-state index is 9.14. The summed E-state index contributed by atoms with van der Waals surface area (Å²) in [5, 5.41) is 13.4. The largest absolute Gasteiger partial charge is 0.411 e. The lowest BCUT2D eigenvalue weighted by Gasteiger charge is -2.26. The summed E-state index contributed by atoms with van der Waals surface area (Å²) in [7, 11) is 0. The van der Waals surface area contributed by atoms with Crippen molar-refractivity contribution in [3.05, 3.63) is 69.7 Å². The Kier molecular flexibility index (Phi) is 3.49. The van der Waals surface area contributed by atoms with E-state index in [1.54, 1.807) is 0 Å². The first-order valence-corrected chi connectivity index (χ1v) is 7.15. The van der Waals surface area contributed by atoms with E-state index in [2.05, 4.69) is 29.4 Å². The number of hydrogen-bond acceptors (Lipinski definition) is 2. The number of aryl methyl sites for hydroxylation is 1. The fourth-order valence-corrected chi connectivity index (χ4v) is 3.10. The fourth-order valence-electron chi connectivity index (χ4n) is 2.91. The second kappa shape index (κ2) is 5.29. The molecule has 1 atom stereocenters. The molecule has 1 aliphatic carbocycles. The Balaban J connectivity index is 2.09. The highest BCUT2D eigenvalue weighted by Crippen LogP contribution is 2.37. The van der Waals surface area contributed by atoms with Gasteiger partial charge in [-0.2, -0.15) is 0 Å². The Morgan fingerprint density at radius 2 is 2.00 bits per heavy atom. The van der Waals surface area contributed by atoms with Gasteiger partial charge in [-0.3, -0.25) is 0 Å². The van der Waals surface area contributed by atoms with Gasteiger partial charge in [0.2, 0.25) is 0 Å². The molecule has 0 amide bonds. The van der Waals surface area contributed by atoms with Crippen molar-refractivity contribution >= 4 is 17.3 Å². The van der Waals surface area contributed by atoms with Gasteiger partial charge >= 0.3 is 0 Å². The smallest absolute Gasteiger partial charge is 0.0871 e. The normalized spacial score (nSPS) is 19.9. The third kappa shape index (κ3) is 2.20. The van der Waals surface area contributed by atoms with Crippen LogP contribution < -0.4 is 0 Å². The molecule has 0 saturated carbocycles. The van der Waals surface area contributed by atoms with E-state index in [4.69, 9.17) is 16.8 Å². The van der Waals surface area contributed by atoms with Gasteiger partial charge in [0.25, 0.3) is 0 Å². The lowest BCUT2D eigenvalue weighted by molar-refractivity contribution is 0.317. The van der Waals surface area contributed by atoms with E-state index in [1.807, 2.05) is 25.1 Å². The van der Waals surface area contributed by atoms with Crippen molar-refractivity contribution in [2.75, 3.05) is 0 Å². The van der Waals surface area contributed by atoms with E-state index >= 15 is 0 Å². The van der Waals surface area contributed by atoms with Crippen LogP contribution in [0.5, 0.6) is 0 Å². The highest BCUT2D eigenvalue weighted by atomic mass is 35.5. The molecule has 3 rings (SSSR count). The Morgan fingerprint density at radius 3 is 2.75 bits per heavy atom. The summed E-state index contributed by atoms with van der Waals surface area (Å²) >= 11 is 6.25. The maximum absolute atomic E-state index is 9.14. The van der Waals surface area contributed by atoms with Crippen LogP contribution >= 0.6 is 11.6 Å². The standard InChI is InChI=1S/C17H16ClNO/c1-11-6-7-12(10-16(11)18)13-8-9-17(19-20)15-5-3-2-4-14(13)15/h2-7,10,13,20H,8-9H2,1H3/b19-17+. The molecule has 0 spiro atoms. The molecule has 3 heteroatoms. The van der Waals surface area contributed by atoms with Crippen molar-refractivity contribution in [1.29, 1.82) is 0 Å². The van der Waals surface area contributed by atoms with Gasteiger partial charge in [0, 0.05) is 16.5 Å². The first-order valence-electron chi connectivity index (χ1n) is 6.77. The zero-order valence-electron chi connectivity index (χ0n) is 11.3. The molecule has 2 aromatic carbocycles.